The fourth-order valence-electron chi connectivity index (χ4n) is 2.29. The molecule has 22 heavy (non-hydrogen) atoms. The zero-order valence-corrected chi connectivity index (χ0v) is 12.9. The first-order valence-electron chi connectivity index (χ1n) is 7.10. The highest BCUT2D eigenvalue weighted by atomic mass is 35.5. The zero-order valence-electron chi connectivity index (χ0n) is 12.2. The van der Waals surface area contributed by atoms with E-state index in [2.05, 4.69) is 5.32 Å². The molecule has 0 spiro atoms. The Morgan fingerprint density at radius 1 is 1.09 bits per heavy atom. The number of amides is 1. The highest BCUT2D eigenvalue weighted by molar-refractivity contribution is 6.30. The number of aryl methyl sites for hydroxylation is 1. The molecule has 0 aromatic heterocycles. The molecule has 2 aromatic rings. The molecule has 2 aromatic carbocycles. The zero-order chi connectivity index (χ0) is 15.5. The van der Waals surface area contributed by atoms with E-state index in [4.69, 9.17) is 21.1 Å². The quantitative estimate of drug-likeness (QED) is 0.908. The molecule has 0 radical (unpaired) electrons. The lowest BCUT2D eigenvalue weighted by molar-refractivity contribution is 0.102. The van der Waals surface area contributed by atoms with E-state index in [-0.39, 0.29) is 5.91 Å². The maximum Gasteiger partial charge on any atom is 0.256 e. The summed E-state index contributed by atoms with van der Waals surface area (Å²) in [5.74, 6) is 1.12. The summed E-state index contributed by atoms with van der Waals surface area (Å²) < 4.78 is 11.3. The van der Waals surface area contributed by atoms with Crippen LogP contribution in [0.15, 0.2) is 36.4 Å². The summed E-state index contributed by atoms with van der Waals surface area (Å²) >= 11 is 5.84. The number of nitrogens with one attached hydrogen (secondary N) is 1. The summed E-state index contributed by atoms with van der Waals surface area (Å²) in [5, 5.41) is 3.48. The first-order chi connectivity index (χ1) is 10.6. The number of rotatable bonds is 2. The molecule has 0 saturated heterocycles. The predicted molar refractivity (Wildman–Crippen MR) is 86.2 cm³/mol. The van der Waals surface area contributed by atoms with Crippen LogP contribution in [0.25, 0.3) is 0 Å². The molecule has 3 rings (SSSR count). The van der Waals surface area contributed by atoms with Crippen molar-refractivity contribution in [2.75, 3.05) is 18.5 Å². The minimum atomic E-state index is -0.185. The highest BCUT2D eigenvalue weighted by Crippen LogP contribution is 2.33. The van der Waals surface area contributed by atoms with E-state index >= 15 is 0 Å². The van der Waals surface area contributed by atoms with E-state index in [0.717, 1.165) is 12.0 Å². The van der Waals surface area contributed by atoms with Crippen LogP contribution < -0.4 is 14.8 Å². The summed E-state index contributed by atoms with van der Waals surface area (Å²) in [7, 11) is 0. The van der Waals surface area contributed by atoms with E-state index in [9.17, 15) is 4.79 Å². The van der Waals surface area contributed by atoms with Gasteiger partial charge in [-0.15, -0.1) is 0 Å². The molecule has 1 aliphatic heterocycles. The molecule has 4 nitrogen and oxygen atoms in total. The van der Waals surface area contributed by atoms with Crippen molar-refractivity contribution in [3.63, 3.8) is 0 Å². The number of ether oxygens (including phenoxy) is 2. The van der Waals surface area contributed by atoms with Gasteiger partial charge in [0.2, 0.25) is 0 Å². The lowest BCUT2D eigenvalue weighted by Gasteiger charge is -2.12. The molecule has 0 fully saturated rings. The van der Waals surface area contributed by atoms with Gasteiger partial charge in [-0.2, -0.15) is 0 Å². The number of carbonyl (C=O) groups excluding carboxylic acids is 1. The Morgan fingerprint density at radius 3 is 2.41 bits per heavy atom. The predicted octanol–water partition coefficient (Wildman–Crippen LogP) is 4.06. The standard InChI is InChI=1S/C17H16ClNO3/c1-11-9-15-16(22-8-2-7-21-15)10-14(11)17(20)19-13-5-3-12(18)4-6-13/h3-6,9-10H,2,7-8H2,1H3,(H,19,20). The maximum absolute atomic E-state index is 12.5. The van der Waals surface area contributed by atoms with Gasteiger partial charge in [-0.1, -0.05) is 11.6 Å². The molecule has 1 aliphatic rings. The third-order valence-electron chi connectivity index (χ3n) is 3.44. The largest absolute Gasteiger partial charge is 0.490 e. The topological polar surface area (TPSA) is 47.6 Å². The van der Waals surface area contributed by atoms with Gasteiger partial charge in [-0.25, -0.2) is 0 Å². The van der Waals surface area contributed by atoms with Gasteiger partial charge in [-0.3, -0.25) is 4.79 Å². The minimum absolute atomic E-state index is 0.185. The second kappa shape index (κ2) is 6.28. The van der Waals surface area contributed by atoms with Crippen LogP contribution >= 0.6 is 11.6 Å². The number of hydrogen-bond donors (Lipinski definition) is 1. The number of halogens is 1. The summed E-state index contributed by atoms with van der Waals surface area (Å²) in [5.41, 5.74) is 2.11. The van der Waals surface area contributed by atoms with Gasteiger partial charge in [-0.05, 0) is 48.9 Å². The molecule has 114 valence electrons. The highest BCUT2D eigenvalue weighted by Gasteiger charge is 2.17. The number of benzene rings is 2. The van der Waals surface area contributed by atoms with Gasteiger partial charge in [0.25, 0.3) is 5.91 Å². The van der Waals surface area contributed by atoms with Crippen molar-refractivity contribution in [1.82, 2.24) is 0 Å². The van der Waals surface area contributed by atoms with E-state index in [1.807, 2.05) is 13.0 Å². The molecule has 5 heteroatoms. The van der Waals surface area contributed by atoms with Crippen molar-refractivity contribution in [3.8, 4) is 11.5 Å². The van der Waals surface area contributed by atoms with E-state index < -0.39 is 0 Å². The number of fused-ring (bicyclic) bond motifs is 1. The second-order valence-electron chi connectivity index (χ2n) is 5.13. The molecular weight excluding hydrogens is 302 g/mol. The van der Waals surface area contributed by atoms with Crippen molar-refractivity contribution in [3.05, 3.63) is 52.5 Å². The Morgan fingerprint density at radius 2 is 1.73 bits per heavy atom. The van der Waals surface area contributed by atoms with Gasteiger partial charge in [0, 0.05) is 22.7 Å². The van der Waals surface area contributed by atoms with Crippen LogP contribution in [0.2, 0.25) is 5.02 Å². The first-order valence-corrected chi connectivity index (χ1v) is 7.48. The van der Waals surface area contributed by atoms with Crippen LogP contribution in [0.3, 0.4) is 0 Å². The van der Waals surface area contributed by atoms with Crippen LogP contribution in [0.1, 0.15) is 22.3 Å². The Balaban J connectivity index is 1.85. The van der Waals surface area contributed by atoms with Crippen LogP contribution in [0.4, 0.5) is 5.69 Å². The molecule has 1 heterocycles. The number of hydrogen-bond acceptors (Lipinski definition) is 3. The Hall–Kier alpha value is -2.20. The van der Waals surface area contributed by atoms with Crippen molar-refractivity contribution >= 4 is 23.2 Å². The summed E-state index contributed by atoms with van der Waals surface area (Å²) in [6.07, 6.45) is 0.833. The fourth-order valence-corrected chi connectivity index (χ4v) is 2.41. The average molecular weight is 318 g/mol. The minimum Gasteiger partial charge on any atom is -0.490 e. The summed E-state index contributed by atoms with van der Waals surface area (Å²) in [6.45, 7) is 3.10. The third-order valence-corrected chi connectivity index (χ3v) is 3.69. The molecule has 1 amide bonds. The Labute approximate surface area is 134 Å². The van der Waals surface area contributed by atoms with Crippen molar-refractivity contribution in [2.24, 2.45) is 0 Å². The van der Waals surface area contributed by atoms with Crippen LogP contribution in [-0.4, -0.2) is 19.1 Å². The lowest BCUT2D eigenvalue weighted by Crippen LogP contribution is -2.13. The average Bonchev–Trinajstić information content (AvgIpc) is 2.73. The van der Waals surface area contributed by atoms with E-state index in [0.29, 0.717) is 41.0 Å². The summed E-state index contributed by atoms with van der Waals surface area (Å²) in [4.78, 5) is 12.5. The van der Waals surface area contributed by atoms with Gasteiger partial charge in [0.15, 0.2) is 11.5 Å². The van der Waals surface area contributed by atoms with E-state index in [1.165, 1.54) is 0 Å². The summed E-state index contributed by atoms with van der Waals surface area (Å²) in [6, 6.07) is 10.6. The van der Waals surface area contributed by atoms with Gasteiger partial charge >= 0.3 is 0 Å². The number of anilines is 1. The van der Waals surface area contributed by atoms with E-state index in [1.54, 1.807) is 30.3 Å². The first kappa shape index (κ1) is 14.7. The van der Waals surface area contributed by atoms with Crippen molar-refractivity contribution in [2.45, 2.75) is 13.3 Å². The van der Waals surface area contributed by atoms with Crippen LogP contribution in [0.5, 0.6) is 11.5 Å². The smallest absolute Gasteiger partial charge is 0.256 e. The molecule has 0 unspecified atom stereocenters. The monoisotopic (exact) mass is 317 g/mol. The molecule has 0 saturated carbocycles. The van der Waals surface area contributed by atoms with Gasteiger partial charge in [0.1, 0.15) is 0 Å². The molecule has 0 bridgehead atoms. The Kier molecular flexibility index (Phi) is 4.20. The van der Waals surface area contributed by atoms with Crippen molar-refractivity contribution < 1.29 is 14.3 Å². The lowest BCUT2D eigenvalue weighted by atomic mass is 10.1. The molecule has 0 atom stereocenters. The normalized spacial score (nSPS) is 13.4. The number of carbonyl (C=O) groups is 1. The van der Waals surface area contributed by atoms with Crippen molar-refractivity contribution in [1.29, 1.82) is 0 Å². The molecular formula is C17H16ClNO3. The Bertz CT molecular complexity index is 698. The fraction of sp³-hybridized carbons (Fsp3) is 0.235. The maximum atomic E-state index is 12.5. The third kappa shape index (κ3) is 3.17. The van der Waals surface area contributed by atoms with Crippen LogP contribution in [0, 0.1) is 6.92 Å². The van der Waals surface area contributed by atoms with Gasteiger partial charge < -0.3 is 14.8 Å². The SMILES string of the molecule is Cc1cc2c(cc1C(=O)Nc1ccc(Cl)cc1)OCCCO2. The second-order valence-corrected chi connectivity index (χ2v) is 5.56. The molecule has 0 aliphatic carbocycles. The molecule has 1 N–H and O–H groups in total. The van der Waals surface area contributed by atoms with Crippen LogP contribution in [-0.2, 0) is 0 Å². The van der Waals surface area contributed by atoms with Gasteiger partial charge in [0.05, 0.1) is 13.2 Å².